The molecule has 1 aliphatic rings. The molecule has 0 spiro atoms. The number of ether oxygens (including phenoxy) is 2. The van der Waals surface area contributed by atoms with Crippen LogP contribution in [0.15, 0.2) is 36.7 Å². The largest absolute Gasteiger partial charge is 0.482 e. The van der Waals surface area contributed by atoms with E-state index in [0.29, 0.717) is 35.9 Å². The van der Waals surface area contributed by atoms with Gasteiger partial charge in [-0.1, -0.05) is 0 Å². The lowest BCUT2D eigenvalue weighted by atomic mass is 9.94. The number of anilines is 1. The number of nitrogens with two attached hydrogens (primary N) is 1. The van der Waals surface area contributed by atoms with Crippen LogP contribution < -0.4 is 15.2 Å². The number of aryl methyl sites for hydroxylation is 2. The summed E-state index contributed by atoms with van der Waals surface area (Å²) < 4.78 is 29.9. The second-order valence-corrected chi connectivity index (χ2v) is 8.07. The number of pyridine rings is 1. The molecule has 33 heavy (non-hydrogen) atoms. The monoisotopic (exact) mass is 448 g/mol. The number of methoxy groups -OCH3 is 1. The Morgan fingerprint density at radius 1 is 1.27 bits per heavy atom. The highest BCUT2D eigenvalue weighted by Crippen LogP contribution is 2.40. The number of nitrogen functional groups attached to an aromatic ring is 1. The first kappa shape index (κ1) is 21.0. The average molecular weight is 449 g/mol. The lowest BCUT2D eigenvalue weighted by Gasteiger charge is -2.21. The van der Waals surface area contributed by atoms with Gasteiger partial charge in [0.1, 0.15) is 17.6 Å². The fraction of sp³-hybridized carbons (Fsp3) is 0.292. The van der Waals surface area contributed by atoms with E-state index in [1.165, 1.54) is 12.1 Å². The molecule has 0 amide bonds. The molecule has 8 nitrogen and oxygen atoms in total. The summed E-state index contributed by atoms with van der Waals surface area (Å²) >= 11 is 0. The average Bonchev–Trinajstić information content (AvgIpc) is 3.34. The highest BCUT2D eigenvalue weighted by Gasteiger charge is 2.27. The molecule has 5 rings (SSSR count). The second-order valence-electron chi connectivity index (χ2n) is 8.07. The van der Waals surface area contributed by atoms with Crippen LogP contribution in [-0.4, -0.2) is 31.7 Å². The van der Waals surface area contributed by atoms with Gasteiger partial charge in [0.2, 0.25) is 5.88 Å². The Bertz CT molecular complexity index is 1360. The molecule has 0 saturated carbocycles. The third-order valence-electron chi connectivity index (χ3n) is 6.03. The summed E-state index contributed by atoms with van der Waals surface area (Å²) in [5, 5.41) is 9.34. The summed E-state index contributed by atoms with van der Waals surface area (Å²) in [6.07, 6.45) is 3.59. The summed E-state index contributed by atoms with van der Waals surface area (Å²) in [5.74, 6) is 0.985. The van der Waals surface area contributed by atoms with Gasteiger partial charge in [0, 0.05) is 54.0 Å². The molecule has 2 bridgehead atoms. The van der Waals surface area contributed by atoms with E-state index in [1.54, 1.807) is 24.1 Å². The Kier molecular flexibility index (Phi) is 5.03. The van der Waals surface area contributed by atoms with Crippen molar-refractivity contribution in [2.75, 3.05) is 12.8 Å². The standard InChI is InChI=1S/C24H25FN6O2/c1-5-31-22-14(12-28-31)8-19-21(29-30(3)24(19)32-4)17-7-6-16(25)10-18(17)13(2)33-20-9-15(22)11-27-23(20)26/h6-7,9-13H,5,8H2,1-4H3,(H2,26,27)/t13-/m1/s1. The lowest BCUT2D eigenvalue weighted by molar-refractivity contribution is 0.227. The SMILES string of the molecule is CCn1ncc2c1-c1cnc(N)c(c1)O[C@H](C)c1cc(F)ccc1-c1nn(C)c(OC)c1C2. The van der Waals surface area contributed by atoms with Gasteiger partial charge < -0.3 is 15.2 Å². The van der Waals surface area contributed by atoms with Crippen LogP contribution in [0.5, 0.6) is 11.6 Å². The normalized spacial score (nSPS) is 14.9. The minimum absolute atomic E-state index is 0.268. The molecule has 1 aromatic carbocycles. The Balaban J connectivity index is 1.85. The van der Waals surface area contributed by atoms with Crippen molar-refractivity contribution < 1.29 is 13.9 Å². The fourth-order valence-electron chi connectivity index (χ4n) is 4.52. The smallest absolute Gasteiger partial charge is 0.215 e. The van der Waals surface area contributed by atoms with Crippen molar-refractivity contribution in [1.29, 1.82) is 0 Å². The minimum Gasteiger partial charge on any atom is -0.482 e. The molecule has 0 aliphatic carbocycles. The van der Waals surface area contributed by atoms with Crippen LogP contribution in [-0.2, 0) is 20.0 Å². The first-order chi connectivity index (χ1) is 15.9. The van der Waals surface area contributed by atoms with Gasteiger partial charge in [-0.3, -0.25) is 4.68 Å². The molecular weight excluding hydrogens is 423 g/mol. The quantitative estimate of drug-likeness (QED) is 0.495. The van der Waals surface area contributed by atoms with E-state index >= 15 is 0 Å². The van der Waals surface area contributed by atoms with Gasteiger partial charge in [-0.25, -0.2) is 14.1 Å². The van der Waals surface area contributed by atoms with Crippen LogP contribution in [0.25, 0.3) is 22.5 Å². The molecule has 1 aliphatic heterocycles. The van der Waals surface area contributed by atoms with Gasteiger partial charge in [0.25, 0.3) is 0 Å². The van der Waals surface area contributed by atoms with Crippen LogP contribution in [0.1, 0.15) is 36.6 Å². The van der Waals surface area contributed by atoms with E-state index in [0.717, 1.165) is 27.9 Å². The predicted molar refractivity (Wildman–Crippen MR) is 123 cm³/mol. The topological polar surface area (TPSA) is 93.0 Å². The molecule has 4 aromatic rings. The molecule has 0 saturated heterocycles. The van der Waals surface area contributed by atoms with Crippen LogP contribution in [0, 0.1) is 5.82 Å². The Hall–Kier alpha value is -3.88. The maximum atomic E-state index is 14.3. The zero-order valence-electron chi connectivity index (χ0n) is 19.0. The lowest BCUT2D eigenvalue weighted by Crippen LogP contribution is -2.10. The Labute approximate surface area is 190 Å². The number of halogens is 1. The van der Waals surface area contributed by atoms with Gasteiger partial charge in [0.05, 0.1) is 19.0 Å². The third kappa shape index (κ3) is 3.40. The summed E-state index contributed by atoms with van der Waals surface area (Å²) in [6, 6.07) is 6.51. The van der Waals surface area contributed by atoms with Gasteiger partial charge in [-0.15, -0.1) is 0 Å². The van der Waals surface area contributed by atoms with Crippen molar-refractivity contribution in [3.05, 3.63) is 59.2 Å². The molecule has 9 heteroatoms. The van der Waals surface area contributed by atoms with Crippen molar-refractivity contribution in [3.63, 3.8) is 0 Å². The maximum Gasteiger partial charge on any atom is 0.215 e. The first-order valence-electron chi connectivity index (χ1n) is 10.8. The minimum atomic E-state index is -0.508. The molecule has 0 unspecified atom stereocenters. The van der Waals surface area contributed by atoms with Gasteiger partial charge in [0.15, 0.2) is 11.6 Å². The molecule has 0 radical (unpaired) electrons. The third-order valence-corrected chi connectivity index (χ3v) is 6.03. The molecule has 0 fully saturated rings. The van der Waals surface area contributed by atoms with Crippen LogP contribution in [0.4, 0.5) is 10.2 Å². The van der Waals surface area contributed by atoms with E-state index in [2.05, 4.69) is 10.1 Å². The molecule has 170 valence electrons. The van der Waals surface area contributed by atoms with Gasteiger partial charge in [-0.05, 0) is 38.1 Å². The highest BCUT2D eigenvalue weighted by atomic mass is 19.1. The molecule has 2 N–H and O–H groups in total. The summed E-state index contributed by atoms with van der Waals surface area (Å²) in [6.45, 7) is 4.58. The van der Waals surface area contributed by atoms with Crippen molar-refractivity contribution >= 4 is 5.82 Å². The first-order valence-corrected chi connectivity index (χ1v) is 10.8. The second kappa shape index (κ2) is 7.91. The van der Waals surface area contributed by atoms with Crippen molar-refractivity contribution in [2.24, 2.45) is 7.05 Å². The van der Waals surface area contributed by atoms with Crippen molar-refractivity contribution in [1.82, 2.24) is 24.5 Å². The Morgan fingerprint density at radius 3 is 2.85 bits per heavy atom. The molecule has 4 heterocycles. The van der Waals surface area contributed by atoms with E-state index in [9.17, 15) is 4.39 Å². The van der Waals surface area contributed by atoms with Crippen LogP contribution in [0.2, 0.25) is 0 Å². The van der Waals surface area contributed by atoms with E-state index in [-0.39, 0.29) is 11.6 Å². The van der Waals surface area contributed by atoms with Crippen molar-refractivity contribution in [3.8, 4) is 34.1 Å². The molecule has 3 aromatic heterocycles. The fourth-order valence-corrected chi connectivity index (χ4v) is 4.52. The zero-order valence-corrected chi connectivity index (χ0v) is 19.0. The van der Waals surface area contributed by atoms with E-state index < -0.39 is 6.10 Å². The van der Waals surface area contributed by atoms with Gasteiger partial charge in [-0.2, -0.15) is 10.2 Å². The van der Waals surface area contributed by atoms with Crippen LogP contribution >= 0.6 is 0 Å². The number of hydrogen-bond donors (Lipinski definition) is 1. The number of benzene rings is 1. The summed E-state index contributed by atoms with van der Waals surface area (Å²) in [7, 11) is 3.45. The van der Waals surface area contributed by atoms with E-state index in [1.807, 2.05) is 37.8 Å². The van der Waals surface area contributed by atoms with Gasteiger partial charge >= 0.3 is 0 Å². The molecular formula is C24H25FN6O2. The summed E-state index contributed by atoms with van der Waals surface area (Å²) in [4.78, 5) is 4.37. The number of hydrogen-bond acceptors (Lipinski definition) is 6. The number of nitrogens with zero attached hydrogens (tertiary/aromatic N) is 5. The number of rotatable bonds is 2. The number of fused-ring (bicyclic) bond motifs is 7. The zero-order chi connectivity index (χ0) is 23.3. The van der Waals surface area contributed by atoms with Crippen molar-refractivity contribution in [2.45, 2.75) is 32.9 Å². The Morgan fingerprint density at radius 2 is 2.09 bits per heavy atom. The highest BCUT2D eigenvalue weighted by molar-refractivity contribution is 5.73. The maximum absolute atomic E-state index is 14.3. The van der Waals surface area contributed by atoms with E-state index in [4.69, 9.17) is 20.3 Å². The van der Waals surface area contributed by atoms with Crippen LogP contribution in [0.3, 0.4) is 0 Å². The molecule has 1 atom stereocenters. The predicted octanol–water partition coefficient (Wildman–Crippen LogP) is 4.14. The summed E-state index contributed by atoms with van der Waals surface area (Å²) in [5.41, 5.74) is 11.9. The number of aromatic nitrogens is 5.